The van der Waals surface area contributed by atoms with Crippen LogP contribution >= 0.6 is 0 Å². The average Bonchev–Trinajstić information content (AvgIpc) is 3.29. The molecule has 0 saturated carbocycles. The zero-order valence-corrected chi connectivity index (χ0v) is 18.2. The van der Waals surface area contributed by atoms with Gasteiger partial charge < -0.3 is 14.4 Å². The van der Waals surface area contributed by atoms with Crippen molar-refractivity contribution >= 4 is 0 Å². The Bertz CT molecular complexity index is 1140. The third kappa shape index (κ3) is 3.14. The Morgan fingerprint density at radius 1 is 1.12 bits per heavy atom. The summed E-state index contributed by atoms with van der Waals surface area (Å²) in [6.45, 7) is 3.48. The summed E-state index contributed by atoms with van der Waals surface area (Å²) in [5.41, 5.74) is -0.0869. The number of aromatic hydroxyl groups is 1. The molecule has 2 fully saturated rings. The van der Waals surface area contributed by atoms with E-state index in [1.807, 2.05) is 17.9 Å². The van der Waals surface area contributed by atoms with Crippen molar-refractivity contribution in [3.05, 3.63) is 49.1 Å². The Balaban J connectivity index is 1.33. The molecule has 5 rings (SSSR count). The molecule has 168 valence electrons. The van der Waals surface area contributed by atoms with Crippen LogP contribution in [0.25, 0.3) is 16.9 Å². The van der Waals surface area contributed by atoms with Gasteiger partial charge in [-0.2, -0.15) is 0 Å². The van der Waals surface area contributed by atoms with Crippen molar-refractivity contribution in [1.29, 1.82) is 0 Å². The average molecular weight is 441 g/mol. The van der Waals surface area contributed by atoms with Gasteiger partial charge in [-0.3, -0.25) is 4.90 Å². The molecule has 7 nitrogen and oxygen atoms in total. The highest BCUT2D eigenvalue weighted by molar-refractivity contribution is 5.68. The second-order valence-electron chi connectivity index (χ2n) is 9.29. The Hall–Kier alpha value is -3.07. The Morgan fingerprint density at radius 3 is 2.56 bits per heavy atom. The minimum absolute atomic E-state index is 0.0640. The van der Waals surface area contributed by atoms with E-state index in [0.29, 0.717) is 17.7 Å². The topological polar surface area (TPSA) is 76.3 Å². The fourth-order valence-corrected chi connectivity index (χ4v) is 5.22. The summed E-state index contributed by atoms with van der Waals surface area (Å²) < 4.78 is 37.2. The Kier molecular flexibility index (Phi) is 4.53. The minimum atomic E-state index is -2.77. The van der Waals surface area contributed by atoms with Gasteiger partial charge in [0, 0.05) is 54.9 Å². The number of ether oxygens (including phenoxy) is 1. The molecule has 0 unspecified atom stereocenters. The molecule has 3 atom stereocenters. The van der Waals surface area contributed by atoms with Gasteiger partial charge in [-0.15, -0.1) is 10.2 Å². The molecule has 2 saturated heterocycles. The van der Waals surface area contributed by atoms with E-state index in [1.54, 1.807) is 61.5 Å². The number of phenols is 1. The summed E-state index contributed by atoms with van der Waals surface area (Å²) in [6.07, 6.45) is 5.25. The van der Waals surface area contributed by atoms with Crippen LogP contribution in [0.4, 0.5) is 8.78 Å². The van der Waals surface area contributed by atoms with Crippen molar-refractivity contribution in [2.45, 2.75) is 56.2 Å². The van der Waals surface area contributed by atoms with E-state index in [2.05, 4.69) is 15.2 Å². The lowest BCUT2D eigenvalue weighted by atomic mass is 9.83. The van der Waals surface area contributed by atoms with Crippen LogP contribution in [0.2, 0.25) is 0 Å². The molecule has 2 aromatic heterocycles. The van der Waals surface area contributed by atoms with Gasteiger partial charge in [0.2, 0.25) is 5.88 Å². The smallest absolute Gasteiger partial charge is 0.267 e. The fourth-order valence-electron chi connectivity index (χ4n) is 5.22. The molecule has 32 heavy (non-hydrogen) atoms. The number of benzene rings is 1. The molecule has 3 aromatic rings. The van der Waals surface area contributed by atoms with Crippen molar-refractivity contribution in [1.82, 2.24) is 24.6 Å². The molecular weight excluding hydrogens is 416 g/mol. The molecule has 0 radical (unpaired) electrons. The number of hydrogen-bond donors (Lipinski definition) is 1. The van der Waals surface area contributed by atoms with Crippen LogP contribution in [-0.2, 0) is 0 Å². The summed E-state index contributed by atoms with van der Waals surface area (Å²) >= 11 is 0. The maximum atomic E-state index is 14.7. The third-order valence-corrected chi connectivity index (χ3v) is 7.22. The molecule has 4 heterocycles. The number of nitrogens with zero attached hydrogens (tertiary/aromatic N) is 5. The molecule has 1 N–H and O–H groups in total. The highest BCUT2D eigenvalue weighted by atomic mass is 19.3. The number of halogens is 2. The SMILES string of the molecule is CN1[C@]2(C)C[C@H](Oc3ccc(-c4ccc(-n5ccnc5)cc4O)nn3)C[C@@]1(C)C(F)(F)C2. The van der Waals surface area contributed by atoms with E-state index in [0.717, 1.165) is 5.69 Å². The second-order valence-corrected chi connectivity index (χ2v) is 9.29. The van der Waals surface area contributed by atoms with Crippen molar-refractivity contribution < 1.29 is 18.6 Å². The van der Waals surface area contributed by atoms with Crippen LogP contribution < -0.4 is 4.74 Å². The van der Waals surface area contributed by atoms with Crippen molar-refractivity contribution in [2.24, 2.45) is 0 Å². The predicted molar refractivity (Wildman–Crippen MR) is 114 cm³/mol. The van der Waals surface area contributed by atoms with Gasteiger partial charge in [-0.25, -0.2) is 13.8 Å². The monoisotopic (exact) mass is 441 g/mol. The van der Waals surface area contributed by atoms with Gasteiger partial charge in [-0.1, -0.05) is 0 Å². The lowest BCUT2D eigenvalue weighted by Gasteiger charge is -2.48. The summed E-state index contributed by atoms with van der Waals surface area (Å²) in [7, 11) is 1.77. The van der Waals surface area contributed by atoms with E-state index in [-0.39, 0.29) is 30.6 Å². The normalized spacial score (nSPS) is 29.2. The quantitative estimate of drug-likeness (QED) is 0.658. The van der Waals surface area contributed by atoms with Crippen LogP contribution in [0, 0.1) is 0 Å². The summed E-state index contributed by atoms with van der Waals surface area (Å²) in [5, 5.41) is 18.8. The number of fused-ring (bicyclic) bond motifs is 2. The molecule has 2 aliphatic heterocycles. The van der Waals surface area contributed by atoms with E-state index >= 15 is 0 Å². The van der Waals surface area contributed by atoms with Crippen LogP contribution in [0.5, 0.6) is 11.6 Å². The number of alkyl halides is 2. The van der Waals surface area contributed by atoms with Gasteiger partial charge in [-0.05, 0) is 39.1 Å². The minimum Gasteiger partial charge on any atom is -0.507 e. The molecule has 2 aliphatic rings. The van der Waals surface area contributed by atoms with Crippen LogP contribution in [0.3, 0.4) is 0 Å². The first-order valence-electron chi connectivity index (χ1n) is 10.6. The lowest BCUT2D eigenvalue weighted by Crippen LogP contribution is -2.60. The molecule has 9 heteroatoms. The summed E-state index contributed by atoms with van der Waals surface area (Å²) in [6, 6.07) is 8.59. The summed E-state index contributed by atoms with van der Waals surface area (Å²) in [5.74, 6) is -2.42. The first kappa shape index (κ1) is 20.8. The standard InChI is InChI=1S/C23H25F2N5O2/c1-21-11-16(12-22(2,29(21)3)23(24,25)13-21)32-20-7-6-18(27-28-20)17-5-4-15(10-19(17)31)30-9-8-26-14-30/h4-10,14,16,31H,11-13H2,1-3H3/t16-,21+,22-/m0/s1. The Labute approximate surface area is 184 Å². The van der Waals surface area contributed by atoms with E-state index in [9.17, 15) is 13.9 Å². The number of aromatic nitrogens is 4. The number of piperidine rings is 1. The van der Waals surface area contributed by atoms with E-state index < -0.39 is 17.0 Å². The van der Waals surface area contributed by atoms with Gasteiger partial charge in [0.15, 0.2) is 0 Å². The molecular formula is C23H25F2N5O2. The molecule has 2 bridgehead atoms. The van der Waals surface area contributed by atoms with Gasteiger partial charge >= 0.3 is 0 Å². The van der Waals surface area contributed by atoms with Gasteiger partial charge in [0.1, 0.15) is 11.9 Å². The van der Waals surface area contributed by atoms with Crippen molar-refractivity contribution in [3.63, 3.8) is 0 Å². The highest BCUT2D eigenvalue weighted by Crippen LogP contribution is 2.57. The second kappa shape index (κ2) is 6.96. The van der Waals surface area contributed by atoms with Crippen LogP contribution in [0.15, 0.2) is 49.1 Å². The zero-order valence-electron chi connectivity index (χ0n) is 18.2. The van der Waals surface area contributed by atoms with Crippen LogP contribution in [0.1, 0.15) is 33.1 Å². The summed E-state index contributed by atoms with van der Waals surface area (Å²) in [4.78, 5) is 5.81. The first-order valence-corrected chi connectivity index (χ1v) is 10.6. The Morgan fingerprint density at radius 2 is 1.94 bits per heavy atom. The molecule has 1 aromatic carbocycles. The van der Waals surface area contributed by atoms with Gasteiger partial charge in [0.05, 0.1) is 23.2 Å². The van der Waals surface area contributed by atoms with E-state index in [1.165, 1.54) is 0 Å². The zero-order chi connectivity index (χ0) is 22.7. The van der Waals surface area contributed by atoms with Crippen LogP contribution in [-0.4, -0.2) is 59.9 Å². The van der Waals surface area contributed by atoms with Crippen molar-refractivity contribution in [3.8, 4) is 28.6 Å². The maximum Gasteiger partial charge on any atom is 0.267 e. The third-order valence-electron chi connectivity index (χ3n) is 7.22. The predicted octanol–water partition coefficient (Wildman–Crippen LogP) is 4.06. The maximum absolute atomic E-state index is 14.7. The fraction of sp³-hybridized carbons (Fsp3) is 0.435. The first-order chi connectivity index (χ1) is 15.1. The number of imidazole rings is 1. The van der Waals surface area contributed by atoms with Gasteiger partial charge in [0.25, 0.3) is 5.92 Å². The number of hydrogen-bond acceptors (Lipinski definition) is 6. The number of rotatable bonds is 4. The highest BCUT2D eigenvalue weighted by Gasteiger charge is 2.69. The largest absolute Gasteiger partial charge is 0.507 e. The molecule has 0 amide bonds. The molecule has 0 spiro atoms. The van der Waals surface area contributed by atoms with E-state index in [4.69, 9.17) is 4.74 Å². The number of phenolic OH excluding ortho intramolecular Hbond substituents is 1. The molecule has 0 aliphatic carbocycles. The van der Waals surface area contributed by atoms with Crippen molar-refractivity contribution in [2.75, 3.05) is 7.05 Å². The lowest BCUT2D eigenvalue weighted by molar-refractivity contribution is -0.113.